The first-order chi connectivity index (χ1) is 10.5. The maximum Gasteiger partial charge on any atom is 0.377 e. The van der Waals surface area contributed by atoms with Crippen LogP contribution in [0.5, 0.6) is 0 Å². The highest BCUT2D eigenvalue weighted by Crippen LogP contribution is 2.21. The van der Waals surface area contributed by atoms with E-state index in [0.29, 0.717) is 0 Å². The predicted molar refractivity (Wildman–Crippen MR) is 74.6 cm³/mol. The smallest absolute Gasteiger partial charge is 0.377 e. The first-order valence-corrected chi connectivity index (χ1v) is 6.40. The van der Waals surface area contributed by atoms with Crippen LogP contribution < -0.4 is 0 Å². The van der Waals surface area contributed by atoms with Crippen LogP contribution in [0.1, 0.15) is 5.56 Å². The second-order valence-electron chi connectivity index (χ2n) is 4.50. The summed E-state index contributed by atoms with van der Waals surface area (Å²) in [4.78, 5) is 22.5. The van der Waals surface area contributed by atoms with E-state index >= 15 is 0 Å². The van der Waals surface area contributed by atoms with E-state index in [4.69, 9.17) is 9.84 Å². The largest absolute Gasteiger partial charge is 0.505 e. The molecule has 0 radical (unpaired) electrons. The molecule has 1 heterocycles. The SMILES string of the molecule is O=C(/C=C/c1ccccc1)OC[C@@H](O)C1OC(=O)C(O)=C1O. The fourth-order valence-corrected chi connectivity index (χ4v) is 1.76. The molecule has 1 unspecified atom stereocenters. The van der Waals surface area contributed by atoms with E-state index in [1.165, 1.54) is 12.2 Å². The van der Waals surface area contributed by atoms with E-state index in [1.54, 1.807) is 12.1 Å². The number of hydrogen-bond acceptors (Lipinski definition) is 7. The molecule has 22 heavy (non-hydrogen) atoms. The van der Waals surface area contributed by atoms with Crippen molar-refractivity contribution in [3.63, 3.8) is 0 Å². The first-order valence-electron chi connectivity index (χ1n) is 6.40. The number of benzene rings is 1. The Labute approximate surface area is 125 Å². The fraction of sp³-hybridized carbons (Fsp3) is 0.200. The molecule has 0 aromatic heterocycles. The summed E-state index contributed by atoms with van der Waals surface area (Å²) in [7, 11) is 0. The highest BCUT2D eigenvalue weighted by Gasteiger charge is 2.39. The molecule has 0 amide bonds. The number of cyclic esters (lactones) is 1. The summed E-state index contributed by atoms with van der Waals surface area (Å²) in [6.45, 7) is -0.507. The van der Waals surface area contributed by atoms with Crippen LogP contribution in [0.15, 0.2) is 47.9 Å². The van der Waals surface area contributed by atoms with Gasteiger partial charge in [-0.3, -0.25) is 0 Å². The van der Waals surface area contributed by atoms with Crippen LogP contribution in [0.4, 0.5) is 0 Å². The van der Waals surface area contributed by atoms with Gasteiger partial charge in [-0.25, -0.2) is 9.59 Å². The lowest BCUT2D eigenvalue weighted by molar-refractivity contribution is -0.151. The van der Waals surface area contributed by atoms with Gasteiger partial charge in [0.15, 0.2) is 11.9 Å². The van der Waals surface area contributed by atoms with Crippen molar-refractivity contribution < 1.29 is 34.4 Å². The third kappa shape index (κ3) is 3.64. The third-order valence-corrected chi connectivity index (χ3v) is 2.90. The normalized spacial score (nSPS) is 19.3. The van der Waals surface area contributed by atoms with Crippen molar-refractivity contribution >= 4 is 18.0 Å². The predicted octanol–water partition coefficient (Wildman–Crippen LogP) is 0.857. The molecule has 0 bridgehead atoms. The summed E-state index contributed by atoms with van der Waals surface area (Å²) in [5.74, 6) is -3.59. The molecule has 116 valence electrons. The molecular weight excluding hydrogens is 292 g/mol. The van der Waals surface area contributed by atoms with Crippen LogP contribution >= 0.6 is 0 Å². The average Bonchev–Trinajstić information content (AvgIpc) is 2.79. The van der Waals surface area contributed by atoms with E-state index in [1.807, 2.05) is 18.2 Å². The van der Waals surface area contributed by atoms with Gasteiger partial charge in [0.2, 0.25) is 5.76 Å². The Bertz CT molecular complexity index is 618. The quantitative estimate of drug-likeness (QED) is 0.546. The number of carbonyl (C=O) groups is 2. The van der Waals surface area contributed by atoms with E-state index in [9.17, 15) is 19.8 Å². The molecule has 3 N–H and O–H groups in total. The molecule has 1 aromatic rings. The molecule has 2 rings (SSSR count). The highest BCUT2D eigenvalue weighted by molar-refractivity contribution is 5.89. The Morgan fingerprint density at radius 1 is 1.32 bits per heavy atom. The Morgan fingerprint density at radius 2 is 2.00 bits per heavy atom. The Hall–Kier alpha value is -2.80. The maximum atomic E-state index is 11.5. The van der Waals surface area contributed by atoms with E-state index < -0.39 is 42.3 Å². The summed E-state index contributed by atoms with van der Waals surface area (Å²) < 4.78 is 9.31. The van der Waals surface area contributed by atoms with Gasteiger partial charge < -0.3 is 24.8 Å². The molecule has 1 aliphatic heterocycles. The third-order valence-electron chi connectivity index (χ3n) is 2.90. The van der Waals surface area contributed by atoms with Crippen LogP contribution in [-0.4, -0.2) is 46.1 Å². The van der Waals surface area contributed by atoms with Gasteiger partial charge in [0.05, 0.1) is 0 Å². The number of rotatable bonds is 5. The van der Waals surface area contributed by atoms with Gasteiger partial charge in [-0.1, -0.05) is 30.3 Å². The summed E-state index contributed by atoms with van der Waals surface area (Å²) >= 11 is 0. The molecule has 0 saturated carbocycles. The molecular formula is C15H14O7. The van der Waals surface area contributed by atoms with E-state index in [-0.39, 0.29) is 0 Å². The number of ether oxygens (including phenoxy) is 2. The van der Waals surface area contributed by atoms with Crippen molar-refractivity contribution in [3.05, 3.63) is 53.5 Å². The Kier molecular flexibility index (Phi) is 4.80. The van der Waals surface area contributed by atoms with Crippen molar-refractivity contribution in [1.82, 2.24) is 0 Å². The number of esters is 2. The lowest BCUT2D eigenvalue weighted by atomic mass is 10.2. The summed E-state index contributed by atoms with van der Waals surface area (Å²) in [6.07, 6.45) is -0.218. The van der Waals surface area contributed by atoms with E-state index in [0.717, 1.165) is 5.56 Å². The van der Waals surface area contributed by atoms with Crippen LogP contribution in [0, 0.1) is 0 Å². The van der Waals surface area contributed by atoms with Gasteiger partial charge in [-0.05, 0) is 11.6 Å². The van der Waals surface area contributed by atoms with Gasteiger partial charge in [-0.15, -0.1) is 0 Å². The van der Waals surface area contributed by atoms with Crippen LogP contribution in [0.2, 0.25) is 0 Å². The molecule has 1 aromatic carbocycles. The van der Waals surface area contributed by atoms with Crippen LogP contribution in [0.3, 0.4) is 0 Å². The van der Waals surface area contributed by atoms with Crippen molar-refractivity contribution in [2.75, 3.05) is 6.61 Å². The Morgan fingerprint density at radius 3 is 2.59 bits per heavy atom. The van der Waals surface area contributed by atoms with Crippen molar-refractivity contribution in [2.24, 2.45) is 0 Å². The monoisotopic (exact) mass is 306 g/mol. The highest BCUT2D eigenvalue weighted by atomic mass is 16.6. The first kappa shape index (κ1) is 15.6. The zero-order valence-corrected chi connectivity index (χ0v) is 11.4. The standard InChI is InChI=1S/C15H14O7/c16-10(14-12(18)13(19)15(20)22-14)8-21-11(17)7-6-9-4-2-1-3-5-9/h1-7,10,14,16,18-19H,8H2/b7-6+/t10-,14?/m1/s1. The van der Waals surface area contributed by atoms with Crippen molar-refractivity contribution in [2.45, 2.75) is 12.2 Å². The molecule has 0 aliphatic carbocycles. The fourth-order valence-electron chi connectivity index (χ4n) is 1.76. The van der Waals surface area contributed by atoms with Crippen molar-refractivity contribution in [1.29, 1.82) is 0 Å². The topological polar surface area (TPSA) is 113 Å². The lowest BCUT2D eigenvalue weighted by Crippen LogP contribution is -2.33. The molecule has 1 aliphatic rings. The second-order valence-corrected chi connectivity index (χ2v) is 4.50. The molecule has 0 fully saturated rings. The number of aliphatic hydroxyl groups is 3. The Balaban J connectivity index is 1.84. The average molecular weight is 306 g/mol. The maximum absolute atomic E-state index is 11.5. The van der Waals surface area contributed by atoms with Crippen LogP contribution in [0.25, 0.3) is 6.08 Å². The minimum atomic E-state index is -1.48. The molecule has 2 atom stereocenters. The van der Waals surface area contributed by atoms with E-state index in [2.05, 4.69) is 4.74 Å². The minimum Gasteiger partial charge on any atom is -0.505 e. The molecule has 7 heteroatoms. The van der Waals surface area contributed by atoms with Gasteiger partial charge in [-0.2, -0.15) is 0 Å². The zero-order valence-electron chi connectivity index (χ0n) is 11.4. The summed E-state index contributed by atoms with van der Waals surface area (Å²) in [5.41, 5.74) is 0.801. The van der Waals surface area contributed by atoms with Gasteiger partial charge in [0, 0.05) is 6.08 Å². The molecule has 0 spiro atoms. The second kappa shape index (κ2) is 6.77. The minimum absolute atomic E-state index is 0.507. The van der Waals surface area contributed by atoms with Gasteiger partial charge >= 0.3 is 11.9 Å². The zero-order chi connectivity index (χ0) is 16.1. The number of aliphatic hydroxyl groups excluding tert-OH is 3. The van der Waals surface area contributed by atoms with Crippen LogP contribution in [-0.2, 0) is 19.1 Å². The summed E-state index contributed by atoms with van der Waals surface area (Å²) in [6, 6.07) is 9.05. The summed E-state index contributed by atoms with van der Waals surface area (Å²) in [5, 5.41) is 28.2. The van der Waals surface area contributed by atoms with Gasteiger partial charge in [0.1, 0.15) is 12.7 Å². The number of hydrogen-bond donors (Lipinski definition) is 3. The molecule has 7 nitrogen and oxygen atoms in total. The van der Waals surface area contributed by atoms with Gasteiger partial charge in [0.25, 0.3) is 0 Å². The molecule has 0 saturated heterocycles. The lowest BCUT2D eigenvalue weighted by Gasteiger charge is -2.16. The number of carbonyl (C=O) groups excluding carboxylic acids is 2. The van der Waals surface area contributed by atoms with Crippen molar-refractivity contribution in [3.8, 4) is 0 Å².